The maximum Gasteiger partial charge on any atom is 0.175 e. The summed E-state index contributed by atoms with van der Waals surface area (Å²) in [4.78, 5) is 0.157. The van der Waals surface area contributed by atoms with Gasteiger partial charge in [0.25, 0.3) is 0 Å². The van der Waals surface area contributed by atoms with E-state index in [0.29, 0.717) is 17.1 Å². The van der Waals surface area contributed by atoms with E-state index < -0.39 is 9.84 Å². The Morgan fingerprint density at radius 3 is 2.12 bits per heavy atom. The van der Waals surface area contributed by atoms with E-state index in [9.17, 15) is 8.42 Å². The number of ether oxygens (including phenoxy) is 2. The van der Waals surface area contributed by atoms with Gasteiger partial charge in [-0.25, -0.2) is 8.42 Å². The zero-order valence-corrected chi connectivity index (χ0v) is 10.9. The normalized spacial score (nSPS) is 11.3. The van der Waals surface area contributed by atoms with Crippen molar-refractivity contribution < 1.29 is 23.0 Å². The third-order valence-corrected chi connectivity index (χ3v) is 3.53. The molecule has 0 aliphatic carbocycles. The van der Waals surface area contributed by atoms with Crippen LogP contribution in [0.4, 0.5) is 0 Å². The van der Waals surface area contributed by atoms with Gasteiger partial charge in [0.2, 0.25) is 0 Å². The van der Waals surface area contributed by atoms with E-state index in [1.165, 1.54) is 20.3 Å². The third kappa shape index (κ3) is 3.10. The zero-order chi connectivity index (χ0) is 13.1. The van der Waals surface area contributed by atoms with Crippen molar-refractivity contribution in [2.75, 3.05) is 27.1 Å². The Bertz CT molecular complexity index is 493. The van der Waals surface area contributed by atoms with Crippen LogP contribution in [-0.4, -0.2) is 40.6 Å². The molecule has 96 valence electrons. The van der Waals surface area contributed by atoms with Crippen molar-refractivity contribution in [3.8, 4) is 11.5 Å². The topological polar surface area (TPSA) is 72.8 Å². The van der Waals surface area contributed by atoms with Crippen molar-refractivity contribution in [3.63, 3.8) is 0 Å². The van der Waals surface area contributed by atoms with E-state index >= 15 is 0 Å². The van der Waals surface area contributed by atoms with E-state index in [1.807, 2.05) is 0 Å². The van der Waals surface area contributed by atoms with Crippen LogP contribution in [0.3, 0.4) is 0 Å². The van der Waals surface area contributed by atoms with Gasteiger partial charge < -0.3 is 14.6 Å². The highest BCUT2D eigenvalue weighted by Crippen LogP contribution is 2.32. The molecule has 0 spiro atoms. The minimum absolute atomic E-state index is 0.127. The first-order valence-corrected chi connectivity index (χ1v) is 6.89. The highest BCUT2D eigenvalue weighted by molar-refractivity contribution is 7.90. The highest BCUT2D eigenvalue weighted by Gasteiger charge is 2.17. The Morgan fingerprint density at radius 2 is 1.71 bits per heavy atom. The van der Waals surface area contributed by atoms with Crippen molar-refractivity contribution in [3.05, 3.63) is 17.7 Å². The van der Waals surface area contributed by atoms with Crippen LogP contribution in [0.5, 0.6) is 11.5 Å². The second kappa shape index (κ2) is 5.37. The highest BCUT2D eigenvalue weighted by atomic mass is 32.2. The molecule has 0 unspecified atom stereocenters. The summed E-state index contributed by atoms with van der Waals surface area (Å²) in [6, 6.07) is 2.99. The fourth-order valence-corrected chi connectivity index (χ4v) is 2.52. The molecule has 6 heteroatoms. The van der Waals surface area contributed by atoms with Crippen molar-refractivity contribution in [2.24, 2.45) is 0 Å². The molecule has 0 saturated heterocycles. The minimum atomic E-state index is -3.36. The molecule has 1 rings (SSSR count). The maximum absolute atomic E-state index is 11.6. The summed E-state index contributed by atoms with van der Waals surface area (Å²) >= 11 is 0. The first-order valence-electron chi connectivity index (χ1n) is 4.99. The number of sulfone groups is 1. The lowest BCUT2D eigenvalue weighted by Gasteiger charge is -2.13. The molecule has 1 aromatic carbocycles. The second-order valence-corrected chi connectivity index (χ2v) is 5.54. The van der Waals surface area contributed by atoms with Gasteiger partial charge in [-0.3, -0.25) is 0 Å². The lowest BCUT2D eigenvalue weighted by molar-refractivity contribution is 0.298. The van der Waals surface area contributed by atoms with Gasteiger partial charge in [-0.15, -0.1) is 0 Å². The molecule has 0 fully saturated rings. The second-order valence-electron chi connectivity index (χ2n) is 3.56. The molecule has 1 N–H and O–H groups in total. The summed E-state index contributed by atoms with van der Waals surface area (Å²) in [5.74, 6) is 0.804. The molecule has 0 aliphatic heterocycles. The summed E-state index contributed by atoms with van der Waals surface area (Å²) in [6.07, 6.45) is 1.37. The summed E-state index contributed by atoms with van der Waals surface area (Å²) in [6.45, 7) is -0.127. The summed E-state index contributed by atoms with van der Waals surface area (Å²) < 4.78 is 33.4. The third-order valence-electron chi connectivity index (χ3n) is 2.35. The van der Waals surface area contributed by atoms with Crippen LogP contribution in [0.15, 0.2) is 17.0 Å². The van der Waals surface area contributed by atoms with Gasteiger partial charge >= 0.3 is 0 Å². The van der Waals surface area contributed by atoms with Crippen molar-refractivity contribution >= 4 is 9.84 Å². The van der Waals surface area contributed by atoms with Crippen LogP contribution in [0.25, 0.3) is 0 Å². The summed E-state index contributed by atoms with van der Waals surface area (Å²) in [7, 11) is -0.447. The number of aliphatic hydroxyl groups is 1. The molecule has 5 nitrogen and oxygen atoms in total. The molecule has 0 saturated carbocycles. The van der Waals surface area contributed by atoms with Crippen molar-refractivity contribution in [2.45, 2.75) is 11.3 Å². The van der Waals surface area contributed by atoms with Gasteiger partial charge in [-0.05, 0) is 18.1 Å². The Labute approximate surface area is 101 Å². The number of benzene rings is 1. The Kier molecular flexibility index (Phi) is 4.36. The predicted molar refractivity (Wildman–Crippen MR) is 63.4 cm³/mol. The van der Waals surface area contributed by atoms with E-state index in [0.717, 1.165) is 6.26 Å². The van der Waals surface area contributed by atoms with Gasteiger partial charge in [-0.2, -0.15) is 0 Å². The summed E-state index contributed by atoms with van der Waals surface area (Å²) in [5.41, 5.74) is 0.521. The standard InChI is InChI=1S/C11H16O5S/c1-15-9-6-8(4-5-12)11(17(3,13)14)7-10(9)16-2/h6-7,12H,4-5H2,1-3H3. The number of hydrogen-bond acceptors (Lipinski definition) is 5. The van der Waals surface area contributed by atoms with Crippen molar-refractivity contribution in [1.29, 1.82) is 0 Å². The Morgan fingerprint density at radius 1 is 1.18 bits per heavy atom. The van der Waals surface area contributed by atoms with E-state index in [1.54, 1.807) is 6.07 Å². The zero-order valence-electron chi connectivity index (χ0n) is 10.1. The molecular weight excluding hydrogens is 244 g/mol. The molecule has 1 aromatic rings. The predicted octanol–water partition coefficient (Wildman–Crippen LogP) is 0.642. The first-order chi connectivity index (χ1) is 7.93. The smallest absolute Gasteiger partial charge is 0.175 e. The SMILES string of the molecule is COc1cc(CCO)c(S(C)(=O)=O)cc1OC. The van der Waals surface area contributed by atoms with E-state index in [4.69, 9.17) is 14.6 Å². The van der Waals surface area contributed by atoms with Gasteiger partial charge in [0.05, 0.1) is 19.1 Å². The number of aliphatic hydroxyl groups excluding tert-OH is 1. The van der Waals surface area contributed by atoms with Crippen LogP contribution >= 0.6 is 0 Å². The largest absolute Gasteiger partial charge is 0.493 e. The van der Waals surface area contributed by atoms with E-state index in [-0.39, 0.29) is 17.9 Å². The van der Waals surface area contributed by atoms with Crippen LogP contribution in [0.1, 0.15) is 5.56 Å². The quantitative estimate of drug-likeness (QED) is 0.841. The van der Waals surface area contributed by atoms with Gasteiger partial charge in [0.1, 0.15) is 0 Å². The van der Waals surface area contributed by atoms with Crippen LogP contribution in [0, 0.1) is 0 Å². The van der Waals surface area contributed by atoms with Gasteiger partial charge in [0.15, 0.2) is 21.3 Å². The minimum Gasteiger partial charge on any atom is -0.493 e. The Hall–Kier alpha value is -1.27. The number of methoxy groups -OCH3 is 2. The molecule has 17 heavy (non-hydrogen) atoms. The molecule has 0 bridgehead atoms. The monoisotopic (exact) mass is 260 g/mol. The molecule has 0 amide bonds. The van der Waals surface area contributed by atoms with Crippen LogP contribution in [0.2, 0.25) is 0 Å². The lowest BCUT2D eigenvalue weighted by atomic mass is 10.1. The fourth-order valence-electron chi connectivity index (χ4n) is 1.56. The first kappa shape index (κ1) is 13.8. The van der Waals surface area contributed by atoms with Crippen molar-refractivity contribution in [1.82, 2.24) is 0 Å². The molecule has 0 atom stereocenters. The average Bonchev–Trinajstić information content (AvgIpc) is 2.27. The molecule has 0 aromatic heterocycles. The maximum atomic E-state index is 11.6. The molecule has 0 aliphatic rings. The molecule has 0 radical (unpaired) electrons. The number of rotatable bonds is 5. The van der Waals surface area contributed by atoms with Crippen LogP contribution < -0.4 is 9.47 Å². The molecular formula is C11H16O5S. The summed E-state index contributed by atoms with van der Waals surface area (Å²) in [5, 5.41) is 8.93. The Balaban J connectivity index is 3.46. The van der Waals surface area contributed by atoms with Gasteiger partial charge in [-0.1, -0.05) is 0 Å². The average molecular weight is 260 g/mol. The fraction of sp³-hybridized carbons (Fsp3) is 0.455. The number of hydrogen-bond donors (Lipinski definition) is 1. The van der Waals surface area contributed by atoms with Gasteiger partial charge in [0, 0.05) is 18.9 Å². The van der Waals surface area contributed by atoms with E-state index in [2.05, 4.69) is 0 Å². The molecule has 0 heterocycles. The lowest BCUT2D eigenvalue weighted by Crippen LogP contribution is -2.06. The van der Waals surface area contributed by atoms with Crippen LogP contribution in [-0.2, 0) is 16.3 Å².